The summed E-state index contributed by atoms with van der Waals surface area (Å²) in [5.74, 6) is -0.359. The van der Waals surface area contributed by atoms with E-state index in [4.69, 9.17) is 14.6 Å². The summed E-state index contributed by atoms with van der Waals surface area (Å²) >= 11 is 0. The van der Waals surface area contributed by atoms with Gasteiger partial charge in [-0.1, -0.05) is 18.2 Å². The molecule has 0 spiro atoms. The molecule has 0 aliphatic carbocycles. The van der Waals surface area contributed by atoms with Crippen molar-refractivity contribution in [1.82, 2.24) is 0 Å². The van der Waals surface area contributed by atoms with Gasteiger partial charge in [0.05, 0.1) is 11.7 Å². The molecule has 2 aromatic carbocycles. The number of rotatable bonds is 8. The first kappa shape index (κ1) is 18.9. The number of nitrogens with one attached hydrogen (secondary N) is 1. The molecule has 0 radical (unpaired) electrons. The molecule has 6 heteroatoms. The minimum Gasteiger partial charge on any atom is -0.491 e. The van der Waals surface area contributed by atoms with Crippen molar-refractivity contribution in [3.8, 4) is 5.75 Å². The number of anilines is 1. The second-order valence-corrected chi connectivity index (χ2v) is 6.52. The first-order valence-corrected chi connectivity index (χ1v) is 9.07. The molecule has 27 heavy (non-hydrogen) atoms. The summed E-state index contributed by atoms with van der Waals surface area (Å²) in [6, 6.07) is 13.9. The highest BCUT2D eigenvalue weighted by Gasteiger charge is 2.16. The van der Waals surface area contributed by atoms with Gasteiger partial charge in [-0.3, -0.25) is 4.79 Å². The zero-order chi connectivity index (χ0) is 19.1. The molecule has 0 aromatic heterocycles. The maximum absolute atomic E-state index is 12.2. The van der Waals surface area contributed by atoms with Crippen LogP contribution in [0.1, 0.15) is 35.2 Å². The molecule has 3 rings (SSSR count). The van der Waals surface area contributed by atoms with Crippen molar-refractivity contribution >= 4 is 17.6 Å². The molecule has 2 aromatic rings. The number of carbonyl (C=O) groups is 2. The second-order valence-electron chi connectivity index (χ2n) is 6.52. The Bertz CT molecular complexity index is 781. The van der Waals surface area contributed by atoms with Gasteiger partial charge in [0.25, 0.3) is 0 Å². The van der Waals surface area contributed by atoms with Crippen LogP contribution in [0.3, 0.4) is 0 Å². The van der Waals surface area contributed by atoms with Crippen LogP contribution in [-0.4, -0.2) is 36.3 Å². The van der Waals surface area contributed by atoms with Crippen molar-refractivity contribution in [3.05, 3.63) is 59.7 Å². The van der Waals surface area contributed by atoms with Crippen molar-refractivity contribution in [1.29, 1.82) is 0 Å². The van der Waals surface area contributed by atoms with Crippen LogP contribution in [0.15, 0.2) is 48.5 Å². The monoisotopic (exact) mass is 369 g/mol. The molecule has 0 bridgehead atoms. The number of carboxylic acids is 1. The van der Waals surface area contributed by atoms with Gasteiger partial charge in [-0.15, -0.1) is 0 Å². The standard InChI is InChI=1S/C21H23NO5/c23-20(11-8-15-6-9-16(10-7-15)21(24)25)22-17-3-1-4-18(13-17)27-14-19-5-2-12-26-19/h1,3-4,6-7,9-10,13,19H,2,5,8,11-12,14H2,(H,22,23)(H,24,25). The van der Waals surface area contributed by atoms with Crippen LogP contribution in [0.5, 0.6) is 5.75 Å². The third-order valence-electron chi connectivity index (χ3n) is 4.42. The van der Waals surface area contributed by atoms with Gasteiger partial charge in [-0.05, 0) is 49.1 Å². The van der Waals surface area contributed by atoms with Gasteiger partial charge in [-0.25, -0.2) is 4.79 Å². The van der Waals surface area contributed by atoms with Crippen LogP contribution in [0.25, 0.3) is 0 Å². The highest BCUT2D eigenvalue weighted by molar-refractivity contribution is 5.91. The van der Waals surface area contributed by atoms with Gasteiger partial charge >= 0.3 is 5.97 Å². The normalized spacial score (nSPS) is 16.1. The van der Waals surface area contributed by atoms with Crippen LogP contribution in [0, 0.1) is 0 Å². The molecular weight excluding hydrogens is 346 g/mol. The largest absolute Gasteiger partial charge is 0.491 e. The van der Waals surface area contributed by atoms with E-state index in [1.165, 1.54) is 0 Å². The highest BCUT2D eigenvalue weighted by atomic mass is 16.5. The Morgan fingerprint density at radius 2 is 2.00 bits per heavy atom. The minimum absolute atomic E-state index is 0.103. The number of hydrogen-bond donors (Lipinski definition) is 2. The lowest BCUT2D eigenvalue weighted by Gasteiger charge is -2.12. The number of amides is 1. The molecule has 1 unspecified atom stereocenters. The van der Waals surface area contributed by atoms with E-state index in [0.717, 1.165) is 25.0 Å². The molecule has 0 saturated carbocycles. The van der Waals surface area contributed by atoms with Crippen LogP contribution >= 0.6 is 0 Å². The van der Waals surface area contributed by atoms with Gasteiger partial charge in [0.15, 0.2) is 0 Å². The van der Waals surface area contributed by atoms with E-state index in [1.807, 2.05) is 18.2 Å². The maximum Gasteiger partial charge on any atom is 0.335 e. The maximum atomic E-state index is 12.2. The average Bonchev–Trinajstić information content (AvgIpc) is 3.19. The number of hydrogen-bond acceptors (Lipinski definition) is 4. The van der Waals surface area contributed by atoms with Gasteiger partial charge in [0.1, 0.15) is 12.4 Å². The molecule has 1 fully saturated rings. The Balaban J connectivity index is 1.47. The molecule has 1 atom stereocenters. The first-order chi connectivity index (χ1) is 13.1. The average molecular weight is 369 g/mol. The van der Waals surface area contributed by atoms with Crippen LogP contribution in [-0.2, 0) is 16.0 Å². The summed E-state index contributed by atoms with van der Waals surface area (Å²) in [4.78, 5) is 23.0. The van der Waals surface area contributed by atoms with E-state index >= 15 is 0 Å². The Labute approximate surface area is 158 Å². The van der Waals surface area contributed by atoms with Crippen molar-refractivity contribution < 1.29 is 24.2 Å². The highest BCUT2D eigenvalue weighted by Crippen LogP contribution is 2.20. The molecule has 1 saturated heterocycles. The van der Waals surface area contributed by atoms with Gasteiger partial charge in [-0.2, -0.15) is 0 Å². The molecule has 1 amide bonds. The third-order valence-corrected chi connectivity index (χ3v) is 4.42. The zero-order valence-corrected chi connectivity index (χ0v) is 15.0. The predicted octanol–water partition coefficient (Wildman–Crippen LogP) is 3.51. The zero-order valence-electron chi connectivity index (χ0n) is 15.0. The Kier molecular flexibility index (Phi) is 6.44. The fourth-order valence-corrected chi connectivity index (χ4v) is 2.92. The van der Waals surface area contributed by atoms with E-state index in [9.17, 15) is 9.59 Å². The fourth-order valence-electron chi connectivity index (χ4n) is 2.92. The Morgan fingerprint density at radius 3 is 2.70 bits per heavy atom. The summed E-state index contributed by atoms with van der Waals surface area (Å²) in [5.41, 5.74) is 1.85. The number of carbonyl (C=O) groups excluding carboxylic acids is 1. The van der Waals surface area contributed by atoms with E-state index in [1.54, 1.807) is 30.3 Å². The lowest BCUT2D eigenvalue weighted by molar-refractivity contribution is -0.116. The third kappa shape index (κ3) is 5.82. The lowest BCUT2D eigenvalue weighted by atomic mass is 10.1. The molecule has 2 N–H and O–H groups in total. The Hall–Kier alpha value is -2.86. The van der Waals surface area contributed by atoms with Crippen molar-refractivity contribution in [2.24, 2.45) is 0 Å². The number of aromatic carboxylic acids is 1. The summed E-state index contributed by atoms with van der Waals surface area (Å²) < 4.78 is 11.3. The van der Waals surface area contributed by atoms with Crippen molar-refractivity contribution in [2.45, 2.75) is 31.8 Å². The second kappa shape index (κ2) is 9.19. The molecule has 1 heterocycles. The fraction of sp³-hybridized carbons (Fsp3) is 0.333. The van der Waals surface area contributed by atoms with Crippen LogP contribution in [0.2, 0.25) is 0 Å². The minimum atomic E-state index is -0.958. The van der Waals surface area contributed by atoms with E-state index in [-0.39, 0.29) is 17.6 Å². The molecule has 1 aliphatic rings. The number of carboxylic acid groups (broad SMARTS) is 1. The van der Waals surface area contributed by atoms with Crippen LogP contribution in [0.4, 0.5) is 5.69 Å². The number of benzene rings is 2. The lowest BCUT2D eigenvalue weighted by Crippen LogP contribution is -2.16. The first-order valence-electron chi connectivity index (χ1n) is 9.07. The number of aryl methyl sites for hydroxylation is 1. The summed E-state index contributed by atoms with van der Waals surface area (Å²) in [5, 5.41) is 11.8. The summed E-state index contributed by atoms with van der Waals surface area (Å²) in [7, 11) is 0. The summed E-state index contributed by atoms with van der Waals surface area (Å²) in [6.07, 6.45) is 3.09. The van der Waals surface area contributed by atoms with Crippen LogP contribution < -0.4 is 10.1 Å². The topological polar surface area (TPSA) is 84.9 Å². The number of ether oxygens (including phenoxy) is 2. The SMILES string of the molecule is O=C(CCc1ccc(C(=O)O)cc1)Nc1cccc(OCC2CCCO2)c1. The van der Waals surface area contributed by atoms with E-state index < -0.39 is 5.97 Å². The smallest absolute Gasteiger partial charge is 0.335 e. The van der Waals surface area contributed by atoms with Crippen molar-refractivity contribution in [2.75, 3.05) is 18.5 Å². The molecule has 142 valence electrons. The van der Waals surface area contributed by atoms with Gasteiger partial charge < -0.3 is 19.9 Å². The van der Waals surface area contributed by atoms with E-state index in [0.29, 0.717) is 30.9 Å². The summed E-state index contributed by atoms with van der Waals surface area (Å²) in [6.45, 7) is 1.31. The Morgan fingerprint density at radius 1 is 1.19 bits per heavy atom. The predicted molar refractivity (Wildman–Crippen MR) is 101 cm³/mol. The molecule has 1 aliphatic heterocycles. The molecule has 6 nitrogen and oxygen atoms in total. The molecular formula is C21H23NO5. The van der Waals surface area contributed by atoms with E-state index in [2.05, 4.69) is 5.32 Å². The van der Waals surface area contributed by atoms with Gasteiger partial charge in [0.2, 0.25) is 5.91 Å². The quantitative estimate of drug-likeness (QED) is 0.744. The van der Waals surface area contributed by atoms with Gasteiger partial charge in [0, 0.05) is 24.8 Å². The van der Waals surface area contributed by atoms with Crippen molar-refractivity contribution in [3.63, 3.8) is 0 Å².